The molecule has 2 amide bonds. The molecule has 5 nitrogen and oxygen atoms in total. The molecule has 0 unspecified atom stereocenters. The monoisotopic (exact) mass is 232 g/mol. The number of ether oxygens (including phenoxy) is 1. The zero-order valence-electron chi connectivity index (χ0n) is 10.9. The predicted octanol–water partition coefficient (Wildman–Crippen LogP) is 0.729. The van der Waals surface area contributed by atoms with Crippen LogP contribution in [-0.4, -0.2) is 43.5 Å². The molecule has 0 aliphatic rings. The number of aliphatic hydroxyl groups is 1. The van der Waals surface area contributed by atoms with Gasteiger partial charge in [0.2, 0.25) is 0 Å². The standard InChI is InChI=1S/C11H24N2O3/c1-10(2,8-14)6-12-9(15)13-7-11(3,4)16-5/h14H,6-8H2,1-5H3,(H2,12,13,15). The van der Waals surface area contributed by atoms with Gasteiger partial charge in [0.25, 0.3) is 0 Å². The molecule has 3 N–H and O–H groups in total. The molecule has 0 saturated carbocycles. The summed E-state index contributed by atoms with van der Waals surface area (Å²) in [6.07, 6.45) is 0. The van der Waals surface area contributed by atoms with Gasteiger partial charge in [0.05, 0.1) is 5.60 Å². The number of urea groups is 1. The summed E-state index contributed by atoms with van der Waals surface area (Å²) in [5.41, 5.74) is -0.669. The Morgan fingerprint density at radius 1 is 1.19 bits per heavy atom. The minimum absolute atomic E-state index is 0.0385. The fourth-order valence-electron chi connectivity index (χ4n) is 0.803. The average Bonchev–Trinajstić information content (AvgIpc) is 2.24. The van der Waals surface area contributed by atoms with E-state index in [-0.39, 0.29) is 23.7 Å². The van der Waals surface area contributed by atoms with Crippen LogP contribution in [0.4, 0.5) is 4.79 Å². The molecule has 0 aromatic rings. The van der Waals surface area contributed by atoms with Crippen molar-refractivity contribution >= 4 is 6.03 Å². The van der Waals surface area contributed by atoms with Gasteiger partial charge in [-0.3, -0.25) is 0 Å². The van der Waals surface area contributed by atoms with Crippen LogP contribution in [0, 0.1) is 5.41 Å². The molecule has 0 spiro atoms. The summed E-state index contributed by atoms with van der Waals surface area (Å²) in [4.78, 5) is 11.4. The third kappa shape index (κ3) is 6.63. The minimum Gasteiger partial charge on any atom is -0.396 e. The Morgan fingerprint density at radius 2 is 1.69 bits per heavy atom. The van der Waals surface area contributed by atoms with Crippen molar-refractivity contribution in [1.82, 2.24) is 10.6 Å². The molecule has 0 fully saturated rings. The molecule has 0 rings (SSSR count). The Hall–Kier alpha value is -0.810. The molecule has 0 bridgehead atoms. The predicted molar refractivity (Wildman–Crippen MR) is 63.4 cm³/mol. The summed E-state index contributed by atoms with van der Waals surface area (Å²) in [6.45, 7) is 8.46. The lowest BCUT2D eigenvalue weighted by molar-refractivity contribution is 0.0253. The highest BCUT2D eigenvalue weighted by Crippen LogP contribution is 2.11. The smallest absolute Gasteiger partial charge is 0.314 e. The number of amides is 2. The van der Waals surface area contributed by atoms with Crippen molar-refractivity contribution in [2.24, 2.45) is 5.41 Å². The Bertz CT molecular complexity index is 205. The summed E-state index contributed by atoms with van der Waals surface area (Å²) in [5.74, 6) is 0. The van der Waals surface area contributed by atoms with E-state index >= 15 is 0 Å². The van der Waals surface area contributed by atoms with E-state index in [4.69, 9.17) is 9.84 Å². The van der Waals surface area contributed by atoms with Crippen molar-refractivity contribution in [1.29, 1.82) is 0 Å². The Labute approximate surface area is 97.6 Å². The van der Waals surface area contributed by atoms with Crippen molar-refractivity contribution in [2.45, 2.75) is 33.3 Å². The van der Waals surface area contributed by atoms with Gasteiger partial charge in [0.15, 0.2) is 0 Å². The summed E-state index contributed by atoms with van der Waals surface area (Å²) < 4.78 is 5.17. The zero-order chi connectivity index (χ0) is 12.8. The molecular formula is C11H24N2O3. The number of hydrogen-bond acceptors (Lipinski definition) is 3. The largest absolute Gasteiger partial charge is 0.396 e. The van der Waals surface area contributed by atoms with Crippen LogP contribution in [-0.2, 0) is 4.74 Å². The van der Waals surface area contributed by atoms with Crippen molar-refractivity contribution in [3.05, 3.63) is 0 Å². The topological polar surface area (TPSA) is 70.6 Å². The number of methoxy groups -OCH3 is 1. The molecule has 0 radical (unpaired) electrons. The van der Waals surface area contributed by atoms with Gasteiger partial charge in [-0.05, 0) is 13.8 Å². The molecule has 0 atom stereocenters. The molecule has 5 heteroatoms. The number of aliphatic hydroxyl groups excluding tert-OH is 1. The fourth-order valence-corrected chi connectivity index (χ4v) is 0.803. The summed E-state index contributed by atoms with van der Waals surface area (Å²) in [7, 11) is 1.61. The van der Waals surface area contributed by atoms with E-state index < -0.39 is 0 Å². The second kappa shape index (κ2) is 6.06. The van der Waals surface area contributed by atoms with E-state index in [1.807, 2.05) is 27.7 Å². The third-order valence-corrected chi connectivity index (χ3v) is 2.38. The highest BCUT2D eigenvalue weighted by Gasteiger charge is 2.19. The van der Waals surface area contributed by atoms with Crippen LogP contribution in [0.3, 0.4) is 0 Å². The molecule has 0 saturated heterocycles. The van der Waals surface area contributed by atoms with Gasteiger partial charge in [-0.15, -0.1) is 0 Å². The Balaban J connectivity index is 3.85. The van der Waals surface area contributed by atoms with E-state index in [2.05, 4.69) is 10.6 Å². The number of rotatable bonds is 6. The van der Waals surface area contributed by atoms with Crippen LogP contribution in [0.1, 0.15) is 27.7 Å². The molecular weight excluding hydrogens is 208 g/mol. The lowest BCUT2D eigenvalue weighted by atomic mass is 9.95. The number of carbonyl (C=O) groups is 1. The Kier molecular flexibility index (Phi) is 5.75. The molecule has 0 heterocycles. The molecule has 16 heavy (non-hydrogen) atoms. The van der Waals surface area contributed by atoms with Gasteiger partial charge >= 0.3 is 6.03 Å². The maximum atomic E-state index is 11.4. The van der Waals surface area contributed by atoms with Gasteiger partial charge < -0.3 is 20.5 Å². The fraction of sp³-hybridized carbons (Fsp3) is 0.909. The van der Waals surface area contributed by atoms with Crippen molar-refractivity contribution in [2.75, 3.05) is 26.8 Å². The van der Waals surface area contributed by atoms with E-state index in [1.165, 1.54) is 0 Å². The van der Waals surface area contributed by atoms with E-state index in [0.29, 0.717) is 13.1 Å². The van der Waals surface area contributed by atoms with Crippen LogP contribution in [0.5, 0.6) is 0 Å². The van der Waals surface area contributed by atoms with E-state index in [0.717, 1.165) is 0 Å². The van der Waals surface area contributed by atoms with Gasteiger partial charge in [-0.25, -0.2) is 4.79 Å². The molecule has 96 valence electrons. The number of hydrogen-bond donors (Lipinski definition) is 3. The Morgan fingerprint density at radius 3 is 2.12 bits per heavy atom. The normalized spacial score (nSPS) is 12.4. The van der Waals surface area contributed by atoms with Crippen molar-refractivity contribution < 1.29 is 14.6 Å². The molecule has 0 aromatic carbocycles. The first-order chi connectivity index (χ1) is 7.22. The van der Waals surface area contributed by atoms with Gasteiger partial charge in [-0.1, -0.05) is 13.8 Å². The van der Waals surface area contributed by atoms with Crippen molar-refractivity contribution in [3.8, 4) is 0 Å². The second-order valence-electron chi connectivity index (χ2n) is 5.32. The zero-order valence-corrected chi connectivity index (χ0v) is 10.9. The van der Waals surface area contributed by atoms with E-state index in [9.17, 15) is 4.79 Å². The average molecular weight is 232 g/mol. The quantitative estimate of drug-likeness (QED) is 0.632. The maximum Gasteiger partial charge on any atom is 0.314 e. The number of nitrogens with one attached hydrogen (secondary N) is 2. The maximum absolute atomic E-state index is 11.4. The SMILES string of the molecule is COC(C)(C)CNC(=O)NCC(C)(C)CO. The summed E-state index contributed by atoms with van der Waals surface area (Å²) in [6, 6.07) is -0.244. The van der Waals surface area contributed by atoms with Gasteiger partial charge in [0.1, 0.15) is 0 Å². The number of carbonyl (C=O) groups excluding carboxylic acids is 1. The molecule has 0 aliphatic heterocycles. The summed E-state index contributed by atoms with van der Waals surface area (Å²) in [5, 5.41) is 14.4. The minimum atomic E-state index is -0.371. The third-order valence-electron chi connectivity index (χ3n) is 2.38. The molecule has 0 aliphatic carbocycles. The van der Waals surface area contributed by atoms with Crippen LogP contribution < -0.4 is 10.6 Å². The highest BCUT2D eigenvalue weighted by molar-refractivity contribution is 5.73. The first-order valence-corrected chi connectivity index (χ1v) is 5.40. The van der Waals surface area contributed by atoms with Crippen LogP contribution >= 0.6 is 0 Å². The first-order valence-electron chi connectivity index (χ1n) is 5.40. The highest BCUT2D eigenvalue weighted by atomic mass is 16.5. The lowest BCUT2D eigenvalue weighted by Gasteiger charge is -2.25. The second-order valence-corrected chi connectivity index (χ2v) is 5.32. The van der Waals surface area contributed by atoms with Crippen LogP contribution in [0.15, 0.2) is 0 Å². The molecule has 0 aromatic heterocycles. The summed E-state index contributed by atoms with van der Waals surface area (Å²) >= 11 is 0. The first kappa shape index (κ1) is 15.2. The van der Waals surface area contributed by atoms with Gasteiger partial charge in [0, 0.05) is 32.2 Å². The van der Waals surface area contributed by atoms with Crippen LogP contribution in [0.25, 0.3) is 0 Å². The van der Waals surface area contributed by atoms with Crippen LogP contribution in [0.2, 0.25) is 0 Å². The van der Waals surface area contributed by atoms with E-state index in [1.54, 1.807) is 7.11 Å². The lowest BCUT2D eigenvalue weighted by Crippen LogP contribution is -2.46. The van der Waals surface area contributed by atoms with Crippen molar-refractivity contribution in [3.63, 3.8) is 0 Å². The van der Waals surface area contributed by atoms with Gasteiger partial charge in [-0.2, -0.15) is 0 Å².